The number of benzene rings is 1. The molecule has 2 N–H and O–H groups in total. The Kier molecular flexibility index (Phi) is 6.12. The van der Waals surface area contributed by atoms with E-state index in [1.165, 1.54) is 0 Å². The van der Waals surface area contributed by atoms with Crippen molar-refractivity contribution in [1.29, 1.82) is 5.26 Å². The molecule has 0 aliphatic rings. The molecule has 1 aromatic carbocycles. The number of halogens is 5. The first-order valence-corrected chi connectivity index (χ1v) is 12.5. The second-order valence-corrected chi connectivity index (χ2v) is 13.1. The lowest BCUT2D eigenvalue weighted by molar-refractivity contribution is -0.0328. The smallest absolute Gasteiger partial charge is 0.383 e. The van der Waals surface area contributed by atoms with Crippen LogP contribution in [0.25, 0.3) is 5.69 Å². The monoisotopic (exact) mass is 448 g/mol. The molecule has 11 heteroatoms. The van der Waals surface area contributed by atoms with Crippen LogP contribution in [0.1, 0.15) is 11.3 Å². The van der Waals surface area contributed by atoms with Gasteiger partial charge in [0.15, 0.2) is 5.69 Å². The lowest BCUT2D eigenvalue weighted by atomic mass is 10.2. The van der Waals surface area contributed by atoms with Crippen molar-refractivity contribution in [3.8, 4) is 23.2 Å². The number of aromatic nitrogens is 2. The molecule has 0 saturated carbocycles. The van der Waals surface area contributed by atoms with Crippen LogP contribution in [-0.2, 0) is 0 Å². The number of thioether (sulfide) groups is 1. The van der Waals surface area contributed by atoms with Gasteiger partial charge in [-0.3, -0.25) is 0 Å². The summed E-state index contributed by atoms with van der Waals surface area (Å²) in [6, 6.07) is 4.13. The molecule has 2 aromatic rings. The van der Waals surface area contributed by atoms with Gasteiger partial charge in [0.1, 0.15) is 31.2 Å². The predicted octanol–water partition coefficient (Wildman–Crippen LogP) is 5.47. The van der Waals surface area contributed by atoms with Crippen molar-refractivity contribution in [2.45, 2.75) is 30.0 Å². The van der Waals surface area contributed by atoms with Crippen LogP contribution in [0.4, 0.5) is 19.0 Å². The normalized spacial score (nSPS) is 11.7. The van der Waals surface area contributed by atoms with Gasteiger partial charge in [-0.05, 0) is 23.9 Å². The van der Waals surface area contributed by atoms with Gasteiger partial charge in [0.25, 0.3) is 0 Å². The van der Waals surface area contributed by atoms with Crippen molar-refractivity contribution in [3.05, 3.63) is 33.4 Å². The van der Waals surface area contributed by atoms with E-state index in [4.69, 9.17) is 28.9 Å². The number of nitriles is 1. The molecule has 0 atom stereocenters. The van der Waals surface area contributed by atoms with E-state index in [-0.39, 0.29) is 49.5 Å². The third kappa shape index (κ3) is 5.36. The van der Waals surface area contributed by atoms with Crippen LogP contribution in [-0.4, -0.2) is 23.4 Å². The quantitative estimate of drug-likeness (QED) is 0.375. The standard InChI is InChI=1S/C16H13Cl2F3N4SSi/c1-27(2,3)5-4-10-13(8-22)24-25(15(10)23)14-11(17)6-9(7-12(14)18)26-16(19,20)21/h6-7H,23H2,1-3H3. The first kappa shape index (κ1) is 21.5. The van der Waals surface area contributed by atoms with Crippen LogP contribution in [0, 0.1) is 22.8 Å². The van der Waals surface area contributed by atoms with Gasteiger partial charge >= 0.3 is 5.51 Å². The molecule has 2 rings (SSSR count). The molecule has 1 aromatic heterocycles. The Morgan fingerprint density at radius 2 is 1.78 bits per heavy atom. The Morgan fingerprint density at radius 1 is 1.22 bits per heavy atom. The second kappa shape index (κ2) is 7.68. The van der Waals surface area contributed by atoms with Gasteiger partial charge in [-0.2, -0.15) is 23.5 Å². The number of hydrogen-bond donors (Lipinski definition) is 1. The summed E-state index contributed by atoms with van der Waals surface area (Å²) in [6.07, 6.45) is 0. The second-order valence-electron chi connectivity index (χ2n) is 6.42. The molecule has 0 aliphatic carbocycles. The van der Waals surface area contributed by atoms with Gasteiger partial charge in [-0.1, -0.05) is 48.8 Å². The number of nitrogen functional groups attached to an aromatic ring is 1. The summed E-state index contributed by atoms with van der Waals surface area (Å²) in [5.41, 5.74) is 5.00. The van der Waals surface area contributed by atoms with Crippen molar-refractivity contribution in [3.63, 3.8) is 0 Å². The Balaban J connectivity index is 2.61. The summed E-state index contributed by atoms with van der Waals surface area (Å²) >= 11 is 11.9. The number of alkyl halides is 3. The first-order valence-electron chi connectivity index (χ1n) is 7.39. The fourth-order valence-corrected chi connectivity index (χ4v) is 3.89. The lowest BCUT2D eigenvalue weighted by Gasteiger charge is -2.12. The van der Waals surface area contributed by atoms with Crippen LogP contribution in [0.3, 0.4) is 0 Å². The molecule has 0 unspecified atom stereocenters. The zero-order valence-corrected chi connectivity index (χ0v) is 17.7. The maximum atomic E-state index is 12.6. The van der Waals surface area contributed by atoms with Gasteiger partial charge < -0.3 is 5.73 Å². The van der Waals surface area contributed by atoms with Crippen LogP contribution in [0.5, 0.6) is 0 Å². The molecule has 4 nitrogen and oxygen atoms in total. The van der Waals surface area contributed by atoms with Gasteiger partial charge in [-0.25, -0.2) is 4.68 Å². The highest BCUT2D eigenvalue weighted by Gasteiger charge is 2.30. The average molecular weight is 449 g/mol. The van der Waals surface area contributed by atoms with Crippen LogP contribution in [0.15, 0.2) is 17.0 Å². The van der Waals surface area contributed by atoms with Crippen molar-refractivity contribution >= 4 is 48.9 Å². The van der Waals surface area contributed by atoms with Crippen molar-refractivity contribution in [1.82, 2.24) is 9.78 Å². The van der Waals surface area contributed by atoms with E-state index < -0.39 is 13.6 Å². The zero-order valence-electron chi connectivity index (χ0n) is 14.4. The van der Waals surface area contributed by atoms with Crippen LogP contribution < -0.4 is 5.73 Å². The van der Waals surface area contributed by atoms with E-state index in [9.17, 15) is 18.4 Å². The Bertz CT molecular complexity index is 972. The van der Waals surface area contributed by atoms with Gasteiger partial charge in [-0.15, -0.1) is 5.54 Å². The zero-order chi connectivity index (χ0) is 20.6. The van der Waals surface area contributed by atoms with Crippen LogP contribution in [0.2, 0.25) is 29.7 Å². The summed E-state index contributed by atoms with van der Waals surface area (Å²) < 4.78 is 38.8. The molecule has 0 fully saturated rings. The van der Waals surface area contributed by atoms with Gasteiger partial charge in [0.05, 0.1) is 10.0 Å². The SMILES string of the molecule is C[Si](C)(C)C#Cc1c(C#N)nn(-c2c(Cl)cc(SC(F)(F)F)cc2Cl)c1N. The van der Waals surface area contributed by atoms with E-state index in [1.54, 1.807) is 0 Å². The molecule has 1 heterocycles. The van der Waals surface area contributed by atoms with Gasteiger partial charge in [0.2, 0.25) is 0 Å². The number of anilines is 1. The molecule has 0 bridgehead atoms. The van der Waals surface area contributed by atoms with Crippen molar-refractivity contribution in [2.24, 2.45) is 0 Å². The van der Waals surface area contributed by atoms with Crippen LogP contribution >= 0.6 is 35.0 Å². The number of rotatable bonds is 2. The predicted molar refractivity (Wildman–Crippen MR) is 105 cm³/mol. The largest absolute Gasteiger partial charge is 0.446 e. The molecule has 0 saturated heterocycles. The summed E-state index contributed by atoms with van der Waals surface area (Å²) in [4.78, 5) is -0.175. The molecule has 0 amide bonds. The molecule has 27 heavy (non-hydrogen) atoms. The lowest BCUT2D eigenvalue weighted by Crippen LogP contribution is -2.16. The topological polar surface area (TPSA) is 67.6 Å². The van der Waals surface area contributed by atoms with E-state index in [0.717, 1.165) is 16.8 Å². The minimum Gasteiger partial charge on any atom is -0.383 e. The molecule has 0 aliphatic heterocycles. The number of nitrogens with two attached hydrogens (primary N) is 1. The van der Waals surface area contributed by atoms with Gasteiger partial charge in [0, 0.05) is 4.90 Å². The maximum Gasteiger partial charge on any atom is 0.446 e. The maximum absolute atomic E-state index is 12.6. The fourth-order valence-electron chi connectivity index (χ4n) is 1.99. The molecule has 142 valence electrons. The highest BCUT2D eigenvalue weighted by Crippen LogP contribution is 2.41. The number of hydrogen-bond acceptors (Lipinski definition) is 4. The Labute approximate surface area is 169 Å². The molecular weight excluding hydrogens is 436 g/mol. The Hall–Kier alpha value is -1.78. The van der Waals surface area contributed by atoms with E-state index in [2.05, 4.69) is 16.6 Å². The first-order chi connectivity index (χ1) is 12.3. The highest BCUT2D eigenvalue weighted by molar-refractivity contribution is 8.00. The average Bonchev–Trinajstić information content (AvgIpc) is 2.78. The van der Waals surface area contributed by atoms with E-state index in [0.29, 0.717) is 0 Å². The third-order valence-corrected chi connectivity index (χ3v) is 5.18. The van der Waals surface area contributed by atoms with E-state index in [1.807, 2.05) is 25.7 Å². The molecular formula is C16H13Cl2F3N4SSi. The number of nitrogens with zero attached hydrogens (tertiary/aromatic N) is 3. The molecule has 0 radical (unpaired) electrons. The fraction of sp³-hybridized carbons (Fsp3) is 0.250. The van der Waals surface area contributed by atoms with E-state index >= 15 is 0 Å². The summed E-state index contributed by atoms with van der Waals surface area (Å²) in [5.74, 6) is 2.92. The third-order valence-electron chi connectivity index (χ3n) is 3.03. The molecule has 0 spiro atoms. The Morgan fingerprint density at radius 3 is 2.22 bits per heavy atom. The summed E-state index contributed by atoms with van der Waals surface area (Å²) in [6.45, 7) is 6.08. The highest BCUT2D eigenvalue weighted by atomic mass is 35.5. The van der Waals surface area contributed by atoms with Crippen molar-refractivity contribution in [2.75, 3.05) is 5.73 Å². The van der Waals surface area contributed by atoms with Crippen molar-refractivity contribution < 1.29 is 13.2 Å². The minimum absolute atomic E-state index is 0.0147. The summed E-state index contributed by atoms with van der Waals surface area (Å²) in [7, 11) is -1.75. The minimum atomic E-state index is -4.48. The summed E-state index contributed by atoms with van der Waals surface area (Å²) in [5, 5.41) is 13.2.